The maximum absolute atomic E-state index is 3.70. The van der Waals surface area contributed by atoms with Crippen molar-refractivity contribution in [3.8, 4) is 0 Å². The minimum atomic E-state index is 0.694. The van der Waals surface area contributed by atoms with E-state index < -0.39 is 0 Å². The Morgan fingerprint density at radius 1 is 1.11 bits per heavy atom. The second kappa shape index (κ2) is 7.35. The Labute approximate surface area is 122 Å². The molecule has 0 bridgehead atoms. The van der Waals surface area contributed by atoms with Crippen LogP contribution in [-0.2, 0) is 0 Å². The first-order valence-electron chi connectivity index (χ1n) is 7.68. The molecule has 0 aromatic heterocycles. The number of hydrogen-bond acceptors (Lipinski definition) is 2. The van der Waals surface area contributed by atoms with E-state index in [4.69, 9.17) is 0 Å². The molecular weight excluding hydrogens is 250 g/mol. The molecule has 1 saturated carbocycles. The summed E-state index contributed by atoms with van der Waals surface area (Å²) in [5.41, 5.74) is 2.81. The van der Waals surface area contributed by atoms with Crippen LogP contribution in [0.5, 0.6) is 0 Å². The van der Waals surface area contributed by atoms with E-state index in [9.17, 15) is 0 Å². The zero-order valence-electron chi connectivity index (χ0n) is 12.5. The first-order valence-corrected chi connectivity index (χ1v) is 8.56. The third-order valence-corrected chi connectivity index (χ3v) is 5.58. The normalized spacial score (nSPS) is 24.2. The van der Waals surface area contributed by atoms with Gasteiger partial charge in [0.15, 0.2) is 0 Å². The van der Waals surface area contributed by atoms with Crippen molar-refractivity contribution in [2.75, 3.05) is 6.54 Å². The van der Waals surface area contributed by atoms with Crippen molar-refractivity contribution in [1.29, 1.82) is 0 Å². The highest BCUT2D eigenvalue weighted by Crippen LogP contribution is 2.33. The first-order chi connectivity index (χ1) is 9.20. The molecule has 0 spiro atoms. The van der Waals surface area contributed by atoms with Gasteiger partial charge in [-0.3, -0.25) is 0 Å². The molecule has 1 nitrogen and oxygen atoms in total. The summed E-state index contributed by atoms with van der Waals surface area (Å²) >= 11 is 2.09. The average Bonchev–Trinajstić information content (AvgIpc) is 2.61. The molecule has 0 saturated heterocycles. The van der Waals surface area contributed by atoms with E-state index in [1.807, 2.05) is 0 Å². The van der Waals surface area contributed by atoms with E-state index in [1.165, 1.54) is 48.1 Å². The monoisotopic (exact) mass is 277 g/mol. The SMILES string of the molecule is CCNC1CCCCCC1Sc1ccc(C)c(C)c1. The van der Waals surface area contributed by atoms with E-state index in [-0.39, 0.29) is 0 Å². The van der Waals surface area contributed by atoms with Gasteiger partial charge in [-0.05, 0) is 56.5 Å². The van der Waals surface area contributed by atoms with E-state index in [0.717, 1.165) is 11.8 Å². The van der Waals surface area contributed by atoms with E-state index in [0.29, 0.717) is 6.04 Å². The number of aryl methyl sites for hydroxylation is 2. The average molecular weight is 277 g/mol. The van der Waals surface area contributed by atoms with Gasteiger partial charge in [-0.2, -0.15) is 0 Å². The summed E-state index contributed by atoms with van der Waals surface area (Å²) in [7, 11) is 0. The Morgan fingerprint density at radius 2 is 1.89 bits per heavy atom. The third-order valence-electron chi connectivity index (χ3n) is 4.18. The molecule has 2 rings (SSSR count). The molecule has 0 radical (unpaired) electrons. The van der Waals surface area contributed by atoms with Gasteiger partial charge in [-0.25, -0.2) is 0 Å². The number of thioether (sulfide) groups is 1. The van der Waals surface area contributed by atoms with Gasteiger partial charge in [0.05, 0.1) is 0 Å². The molecule has 2 unspecified atom stereocenters. The smallest absolute Gasteiger partial charge is 0.0248 e. The molecule has 2 heteroatoms. The van der Waals surface area contributed by atoms with Crippen molar-refractivity contribution < 1.29 is 0 Å². The van der Waals surface area contributed by atoms with Crippen molar-refractivity contribution in [3.05, 3.63) is 29.3 Å². The van der Waals surface area contributed by atoms with Crippen LogP contribution in [0.1, 0.15) is 50.2 Å². The molecule has 2 atom stereocenters. The highest BCUT2D eigenvalue weighted by molar-refractivity contribution is 8.00. The Hall–Kier alpha value is -0.470. The molecular formula is C17H27NS. The van der Waals surface area contributed by atoms with Crippen molar-refractivity contribution in [3.63, 3.8) is 0 Å². The molecule has 0 amide bonds. The standard InChI is InChI=1S/C17H27NS/c1-4-18-16-8-6-5-7-9-17(16)19-15-11-10-13(2)14(3)12-15/h10-12,16-18H,4-9H2,1-3H3. The molecule has 1 N–H and O–H groups in total. The Morgan fingerprint density at radius 3 is 2.63 bits per heavy atom. The van der Waals surface area contributed by atoms with Crippen LogP contribution < -0.4 is 5.32 Å². The summed E-state index contributed by atoms with van der Waals surface area (Å²) in [5.74, 6) is 0. The third kappa shape index (κ3) is 4.25. The maximum atomic E-state index is 3.70. The summed E-state index contributed by atoms with van der Waals surface area (Å²) in [6.45, 7) is 7.72. The van der Waals surface area contributed by atoms with Crippen LogP contribution in [0.15, 0.2) is 23.1 Å². The second-order valence-electron chi connectivity index (χ2n) is 5.70. The fourth-order valence-corrected chi connectivity index (χ4v) is 4.29. The maximum Gasteiger partial charge on any atom is 0.0248 e. The molecule has 1 aromatic carbocycles. The van der Waals surface area contributed by atoms with Crippen molar-refractivity contribution in [1.82, 2.24) is 5.32 Å². The van der Waals surface area contributed by atoms with Crippen molar-refractivity contribution in [2.24, 2.45) is 0 Å². The fourth-order valence-electron chi connectivity index (χ4n) is 2.87. The predicted molar refractivity (Wildman–Crippen MR) is 86.1 cm³/mol. The first kappa shape index (κ1) is 14.9. The van der Waals surface area contributed by atoms with E-state index in [2.05, 4.69) is 56.0 Å². The molecule has 106 valence electrons. The number of rotatable bonds is 4. The van der Waals surface area contributed by atoms with Crippen LogP contribution in [0, 0.1) is 13.8 Å². The zero-order valence-corrected chi connectivity index (χ0v) is 13.4. The lowest BCUT2D eigenvalue weighted by Crippen LogP contribution is -2.37. The van der Waals surface area contributed by atoms with E-state index in [1.54, 1.807) is 0 Å². The highest BCUT2D eigenvalue weighted by Gasteiger charge is 2.23. The second-order valence-corrected chi connectivity index (χ2v) is 7.02. The lowest BCUT2D eigenvalue weighted by atomic mass is 10.1. The fraction of sp³-hybridized carbons (Fsp3) is 0.647. The van der Waals surface area contributed by atoms with Gasteiger partial charge >= 0.3 is 0 Å². The van der Waals surface area contributed by atoms with Crippen LogP contribution >= 0.6 is 11.8 Å². The van der Waals surface area contributed by atoms with Crippen molar-refractivity contribution >= 4 is 11.8 Å². The Balaban J connectivity index is 2.06. The quantitative estimate of drug-likeness (QED) is 0.800. The van der Waals surface area contributed by atoms with Crippen LogP contribution in [0.25, 0.3) is 0 Å². The lowest BCUT2D eigenvalue weighted by molar-refractivity contribution is 0.482. The Kier molecular flexibility index (Phi) is 5.77. The minimum absolute atomic E-state index is 0.694. The summed E-state index contributed by atoms with van der Waals surface area (Å²) < 4.78 is 0. The lowest BCUT2D eigenvalue weighted by Gasteiger charge is -2.25. The van der Waals surface area contributed by atoms with Crippen LogP contribution in [0.3, 0.4) is 0 Å². The van der Waals surface area contributed by atoms with Gasteiger partial charge < -0.3 is 5.32 Å². The zero-order chi connectivity index (χ0) is 13.7. The predicted octanol–water partition coefficient (Wildman–Crippen LogP) is 4.71. The summed E-state index contributed by atoms with van der Waals surface area (Å²) in [6, 6.07) is 7.60. The van der Waals surface area contributed by atoms with Gasteiger partial charge in [0.2, 0.25) is 0 Å². The number of hydrogen-bond donors (Lipinski definition) is 1. The molecule has 1 aliphatic rings. The van der Waals surface area contributed by atoms with Gasteiger partial charge in [-0.1, -0.05) is 32.3 Å². The van der Waals surface area contributed by atoms with E-state index >= 15 is 0 Å². The minimum Gasteiger partial charge on any atom is -0.313 e. The molecule has 1 aromatic rings. The molecule has 0 aliphatic heterocycles. The highest BCUT2D eigenvalue weighted by atomic mass is 32.2. The number of nitrogens with one attached hydrogen (secondary N) is 1. The molecule has 1 fully saturated rings. The molecule has 19 heavy (non-hydrogen) atoms. The topological polar surface area (TPSA) is 12.0 Å². The van der Waals surface area contributed by atoms with Gasteiger partial charge in [0.25, 0.3) is 0 Å². The summed E-state index contributed by atoms with van der Waals surface area (Å²) in [4.78, 5) is 1.44. The molecule has 0 heterocycles. The van der Waals surface area contributed by atoms with Crippen LogP contribution in [-0.4, -0.2) is 17.8 Å². The number of benzene rings is 1. The largest absolute Gasteiger partial charge is 0.313 e. The summed E-state index contributed by atoms with van der Waals surface area (Å²) in [6.07, 6.45) is 6.89. The van der Waals surface area contributed by atoms with Gasteiger partial charge in [0.1, 0.15) is 0 Å². The summed E-state index contributed by atoms with van der Waals surface area (Å²) in [5, 5.41) is 4.44. The van der Waals surface area contributed by atoms with Gasteiger partial charge in [0, 0.05) is 16.2 Å². The molecule has 1 aliphatic carbocycles. The van der Waals surface area contributed by atoms with Crippen molar-refractivity contribution in [2.45, 2.75) is 69.1 Å². The Bertz CT molecular complexity index is 402. The van der Waals surface area contributed by atoms with Crippen LogP contribution in [0.2, 0.25) is 0 Å². The van der Waals surface area contributed by atoms with Crippen LogP contribution in [0.4, 0.5) is 0 Å². The van der Waals surface area contributed by atoms with Gasteiger partial charge in [-0.15, -0.1) is 11.8 Å².